The average molecular weight is 203 g/mol. The molecule has 15 heavy (non-hydrogen) atoms. The van der Waals surface area contributed by atoms with Crippen LogP contribution in [-0.4, -0.2) is 13.1 Å². The largest absolute Gasteiger partial charge is 0.330 e. The predicted octanol–water partition coefficient (Wildman–Crippen LogP) is 1.39. The van der Waals surface area contributed by atoms with Crippen molar-refractivity contribution in [2.45, 2.75) is 19.4 Å². The summed E-state index contributed by atoms with van der Waals surface area (Å²) in [6, 6.07) is 9.75. The van der Waals surface area contributed by atoms with Crippen molar-refractivity contribution in [3.05, 3.63) is 35.4 Å². The Morgan fingerprint density at radius 3 is 2.53 bits per heavy atom. The molecule has 3 nitrogen and oxygen atoms in total. The van der Waals surface area contributed by atoms with E-state index in [0.29, 0.717) is 5.56 Å². The van der Waals surface area contributed by atoms with Crippen molar-refractivity contribution < 1.29 is 0 Å². The van der Waals surface area contributed by atoms with Gasteiger partial charge in [0.05, 0.1) is 11.6 Å². The van der Waals surface area contributed by atoms with Crippen molar-refractivity contribution in [1.29, 1.82) is 5.26 Å². The van der Waals surface area contributed by atoms with Crippen LogP contribution in [0.1, 0.15) is 24.0 Å². The Bertz CT molecular complexity index is 311. The molecule has 0 aliphatic carbocycles. The van der Waals surface area contributed by atoms with E-state index in [0.717, 1.165) is 32.5 Å². The van der Waals surface area contributed by atoms with Crippen LogP contribution in [0.3, 0.4) is 0 Å². The molecule has 0 saturated heterocycles. The molecule has 3 heteroatoms. The van der Waals surface area contributed by atoms with Crippen molar-refractivity contribution >= 4 is 0 Å². The minimum Gasteiger partial charge on any atom is -0.330 e. The summed E-state index contributed by atoms with van der Waals surface area (Å²) in [7, 11) is 0. The Kier molecular flexibility index (Phi) is 5.46. The second kappa shape index (κ2) is 6.99. The lowest BCUT2D eigenvalue weighted by atomic mass is 10.1. The van der Waals surface area contributed by atoms with Gasteiger partial charge in [0, 0.05) is 6.54 Å². The molecule has 0 aliphatic rings. The van der Waals surface area contributed by atoms with E-state index in [1.807, 2.05) is 24.3 Å². The molecule has 80 valence electrons. The molecule has 0 atom stereocenters. The first-order chi connectivity index (χ1) is 7.36. The van der Waals surface area contributed by atoms with Gasteiger partial charge in [-0.25, -0.2) is 0 Å². The van der Waals surface area contributed by atoms with E-state index in [1.54, 1.807) is 0 Å². The SMILES string of the molecule is N#Cc1ccc(CNCCCCN)cc1. The minimum absolute atomic E-state index is 0.710. The number of benzene rings is 1. The van der Waals surface area contributed by atoms with Gasteiger partial charge in [-0.05, 0) is 43.6 Å². The smallest absolute Gasteiger partial charge is 0.0991 e. The molecule has 1 aromatic carbocycles. The average Bonchev–Trinajstić information content (AvgIpc) is 2.30. The summed E-state index contributed by atoms with van der Waals surface area (Å²) >= 11 is 0. The number of nitrogens with two attached hydrogens (primary N) is 1. The van der Waals surface area contributed by atoms with Crippen molar-refractivity contribution in [1.82, 2.24) is 5.32 Å². The van der Waals surface area contributed by atoms with Crippen LogP contribution in [0.25, 0.3) is 0 Å². The van der Waals surface area contributed by atoms with Crippen LogP contribution in [-0.2, 0) is 6.54 Å². The Labute approximate surface area is 90.9 Å². The van der Waals surface area contributed by atoms with Gasteiger partial charge in [0.1, 0.15) is 0 Å². The minimum atomic E-state index is 0.710. The molecule has 0 unspecified atom stereocenters. The van der Waals surface area contributed by atoms with Crippen LogP contribution >= 0.6 is 0 Å². The molecule has 0 amide bonds. The normalized spacial score (nSPS) is 9.87. The van der Waals surface area contributed by atoms with Crippen LogP contribution < -0.4 is 11.1 Å². The number of nitrogens with one attached hydrogen (secondary N) is 1. The second-order valence-corrected chi connectivity index (χ2v) is 3.48. The fraction of sp³-hybridized carbons (Fsp3) is 0.417. The highest BCUT2D eigenvalue weighted by Crippen LogP contribution is 2.02. The molecular weight excluding hydrogens is 186 g/mol. The number of rotatable bonds is 6. The summed E-state index contributed by atoms with van der Waals surface area (Å²) in [5.41, 5.74) is 7.32. The zero-order chi connectivity index (χ0) is 10.9. The number of nitriles is 1. The molecule has 0 spiro atoms. The van der Waals surface area contributed by atoms with Gasteiger partial charge in [-0.2, -0.15) is 5.26 Å². The van der Waals surface area contributed by atoms with Gasteiger partial charge in [0.2, 0.25) is 0 Å². The van der Waals surface area contributed by atoms with Crippen LogP contribution in [0.4, 0.5) is 0 Å². The Morgan fingerprint density at radius 2 is 1.93 bits per heavy atom. The van der Waals surface area contributed by atoms with E-state index in [2.05, 4.69) is 11.4 Å². The van der Waals surface area contributed by atoms with E-state index in [-0.39, 0.29) is 0 Å². The standard InChI is InChI=1S/C12H17N3/c13-7-1-2-8-15-10-12-5-3-11(9-14)4-6-12/h3-6,15H,1-2,7-8,10,13H2. The Balaban J connectivity index is 2.23. The topological polar surface area (TPSA) is 61.8 Å². The van der Waals surface area contributed by atoms with Gasteiger partial charge >= 0.3 is 0 Å². The van der Waals surface area contributed by atoms with Crippen LogP contribution in [0.2, 0.25) is 0 Å². The summed E-state index contributed by atoms with van der Waals surface area (Å²) in [5.74, 6) is 0. The van der Waals surface area contributed by atoms with E-state index in [9.17, 15) is 0 Å². The quantitative estimate of drug-likeness (QED) is 0.687. The lowest BCUT2D eigenvalue weighted by Crippen LogP contribution is -2.15. The summed E-state index contributed by atoms with van der Waals surface area (Å²) in [6.07, 6.45) is 2.19. The molecule has 0 radical (unpaired) electrons. The highest BCUT2D eigenvalue weighted by atomic mass is 14.8. The van der Waals surface area contributed by atoms with Gasteiger partial charge in [0.15, 0.2) is 0 Å². The molecule has 0 aromatic heterocycles. The van der Waals surface area contributed by atoms with Gasteiger partial charge in [-0.15, -0.1) is 0 Å². The summed E-state index contributed by atoms with van der Waals surface area (Å²) < 4.78 is 0. The number of unbranched alkanes of at least 4 members (excludes halogenated alkanes) is 1. The highest BCUT2D eigenvalue weighted by Gasteiger charge is 1.93. The van der Waals surface area contributed by atoms with Gasteiger partial charge in [-0.3, -0.25) is 0 Å². The molecule has 0 aliphatic heterocycles. The fourth-order valence-electron chi connectivity index (χ4n) is 1.32. The summed E-state index contributed by atoms with van der Waals surface area (Å²) in [6.45, 7) is 2.62. The highest BCUT2D eigenvalue weighted by molar-refractivity contribution is 5.31. The first kappa shape index (κ1) is 11.7. The Hall–Kier alpha value is -1.37. The van der Waals surface area contributed by atoms with Gasteiger partial charge in [-0.1, -0.05) is 12.1 Å². The molecule has 1 rings (SSSR count). The molecule has 1 aromatic rings. The predicted molar refractivity (Wildman–Crippen MR) is 61.2 cm³/mol. The van der Waals surface area contributed by atoms with Crippen molar-refractivity contribution in [3.63, 3.8) is 0 Å². The first-order valence-electron chi connectivity index (χ1n) is 5.26. The molecule has 3 N–H and O–H groups in total. The van der Waals surface area contributed by atoms with Crippen LogP contribution in [0, 0.1) is 11.3 Å². The van der Waals surface area contributed by atoms with Crippen molar-refractivity contribution in [2.75, 3.05) is 13.1 Å². The monoisotopic (exact) mass is 203 g/mol. The molecule has 0 saturated carbocycles. The van der Waals surface area contributed by atoms with E-state index in [4.69, 9.17) is 11.0 Å². The maximum Gasteiger partial charge on any atom is 0.0991 e. The van der Waals surface area contributed by atoms with Crippen molar-refractivity contribution in [3.8, 4) is 6.07 Å². The van der Waals surface area contributed by atoms with E-state index in [1.165, 1.54) is 5.56 Å². The number of nitrogens with zero attached hydrogens (tertiary/aromatic N) is 1. The zero-order valence-electron chi connectivity index (χ0n) is 8.87. The van der Waals surface area contributed by atoms with E-state index < -0.39 is 0 Å². The fourth-order valence-corrected chi connectivity index (χ4v) is 1.32. The maximum atomic E-state index is 8.62. The summed E-state index contributed by atoms with van der Waals surface area (Å²) in [4.78, 5) is 0. The molecule has 0 fully saturated rings. The molecule has 0 heterocycles. The number of hydrogen-bond acceptors (Lipinski definition) is 3. The zero-order valence-corrected chi connectivity index (χ0v) is 8.87. The first-order valence-corrected chi connectivity index (χ1v) is 5.26. The van der Waals surface area contributed by atoms with Gasteiger partial charge < -0.3 is 11.1 Å². The van der Waals surface area contributed by atoms with Crippen LogP contribution in [0.5, 0.6) is 0 Å². The third-order valence-electron chi connectivity index (χ3n) is 2.22. The third kappa shape index (κ3) is 4.59. The lowest BCUT2D eigenvalue weighted by molar-refractivity contribution is 0.627. The van der Waals surface area contributed by atoms with Gasteiger partial charge in [0.25, 0.3) is 0 Å². The third-order valence-corrected chi connectivity index (χ3v) is 2.22. The molecule has 0 bridgehead atoms. The van der Waals surface area contributed by atoms with Crippen molar-refractivity contribution in [2.24, 2.45) is 5.73 Å². The second-order valence-electron chi connectivity index (χ2n) is 3.48. The number of hydrogen-bond donors (Lipinski definition) is 2. The lowest BCUT2D eigenvalue weighted by Gasteiger charge is -2.04. The van der Waals surface area contributed by atoms with E-state index >= 15 is 0 Å². The molecular formula is C12H17N3. The summed E-state index contributed by atoms with van der Waals surface area (Å²) in [5, 5.41) is 12.0. The maximum absolute atomic E-state index is 8.62. The van der Waals surface area contributed by atoms with Crippen LogP contribution in [0.15, 0.2) is 24.3 Å². The Morgan fingerprint density at radius 1 is 1.20 bits per heavy atom.